The van der Waals surface area contributed by atoms with Crippen LogP contribution >= 0.6 is 27.5 Å². The van der Waals surface area contributed by atoms with Crippen molar-refractivity contribution in [2.45, 2.75) is 12.8 Å². The van der Waals surface area contributed by atoms with E-state index in [-0.39, 0.29) is 17.7 Å². The van der Waals surface area contributed by atoms with Crippen LogP contribution in [0.2, 0.25) is 5.02 Å². The van der Waals surface area contributed by atoms with E-state index < -0.39 is 0 Å². The number of nitrogens with zero attached hydrogens (tertiary/aromatic N) is 1. The van der Waals surface area contributed by atoms with E-state index in [1.807, 2.05) is 0 Å². The minimum atomic E-state index is -0.338. The Labute approximate surface area is 125 Å². The highest BCUT2D eigenvalue weighted by Gasteiger charge is 2.27. The normalized spacial score (nSPS) is 19.3. The standard InChI is InChI=1S/C13H14BrClN2O2/c14-10-6-8(3-4-11(10)15)13(19)17-5-1-2-9(7-17)12(16)18/h3-4,6,9H,1-2,5,7H2,(H2,16,18). The molecular weight excluding hydrogens is 332 g/mol. The number of amides is 2. The third-order valence-electron chi connectivity index (χ3n) is 3.28. The first-order valence-electron chi connectivity index (χ1n) is 6.02. The Hall–Kier alpha value is -1.07. The second kappa shape index (κ2) is 5.92. The van der Waals surface area contributed by atoms with Crippen LogP contribution in [0.4, 0.5) is 0 Å². The molecule has 1 aliphatic heterocycles. The first-order chi connectivity index (χ1) is 8.99. The first-order valence-corrected chi connectivity index (χ1v) is 7.20. The Morgan fingerprint density at radius 2 is 2.16 bits per heavy atom. The minimum Gasteiger partial charge on any atom is -0.369 e. The highest BCUT2D eigenvalue weighted by atomic mass is 79.9. The van der Waals surface area contributed by atoms with Gasteiger partial charge in [0, 0.05) is 23.1 Å². The number of piperidine rings is 1. The molecule has 1 aliphatic rings. The van der Waals surface area contributed by atoms with Crippen LogP contribution < -0.4 is 5.73 Å². The average molecular weight is 346 g/mol. The van der Waals surface area contributed by atoms with Crippen LogP contribution in [0, 0.1) is 5.92 Å². The molecule has 6 heteroatoms. The highest BCUT2D eigenvalue weighted by Crippen LogP contribution is 2.25. The molecule has 1 aromatic carbocycles. The molecule has 1 unspecified atom stereocenters. The summed E-state index contributed by atoms with van der Waals surface area (Å²) in [5.41, 5.74) is 5.87. The smallest absolute Gasteiger partial charge is 0.253 e. The van der Waals surface area contributed by atoms with Gasteiger partial charge in [-0.05, 0) is 47.0 Å². The van der Waals surface area contributed by atoms with E-state index in [0.717, 1.165) is 12.8 Å². The second-order valence-electron chi connectivity index (χ2n) is 4.62. The summed E-state index contributed by atoms with van der Waals surface area (Å²) in [6, 6.07) is 5.05. The fourth-order valence-corrected chi connectivity index (χ4v) is 2.70. The highest BCUT2D eigenvalue weighted by molar-refractivity contribution is 9.10. The zero-order valence-corrected chi connectivity index (χ0v) is 12.6. The Bertz CT molecular complexity index is 521. The van der Waals surface area contributed by atoms with Gasteiger partial charge in [-0.2, -0.15) is 0 Å². The van der Waals surface area contributed by atoms with Gasteiger partial charge in [0.25, 0.3) is 5.91 Å². The van der Waals surface area contributed by atoms with E-state index in [2.05, 4.69) is 15.9 Å². The SMILES string of the molecule is NC(=O)C1CCCN(C(=O)c2ccc(Cl)c(Br)c2)C1. The van der Waals surface area contributed by atoms with Crippen LogP contribution in [0.3, 0.4) is 0 Å². The lowest BCUT2D eigenvalue weighted by Crippen LogP contribution is -2.44. The number of halogens is 2. The van der Waals surface area contributed by atoms with Gasteiger partial charge in [0.2, 0.25) is 5.91 Å². The van der Waals surface area contributed by atoms with E-state index >= 15 is 0 Å². The lowest BCUT2D eigenvalue weighted by atomic mass is 9.97. The van der Waals surface area contributed by atoms with Crippen LogP contribution in [0.25, 0.3) is 0 Å². The molecule has 102 valence electrons. The number of nitrogens with two attached hydrogens (primary N) is 1. The molecule has 0 saturated carbocycles. The largest absolute Gasteiger partial charge is 0.369 e. The molecule has 4 nitrogen and oxygen atoms in total. The van der Waals surface area contributed by atoms with E-state index in [1.54, 1.807) is 23.1 Å². The molecule has 1 fully saturated rings. The lowest BCUT2D eigenvalue weighted by molar-refractivity contribution is -0.123. The van der Waals surface area contributed by atoms with E-state index in [9.17, 15) is 9.59 Å². The summed E-state index contributed by atoms with van der Waals surface area (Å²) in [6.07, 6.45) is 1.55. The number of hydrogen-bond donors (Lipinski definition) is 1. The lowest BCUT2D eigenvalue weighted by Gasteiger charge is -2.31. The number of rotatable bonds is 2. The van der Waals surface area contributed by atoms with Gasteiger partial charge in [-0.3, -0.25) is 9.59 Å². The monoisotopic (exact) mass is 344 g/mol. The van der Waals surface area contributed by atoms with Crippen molar-refractivity contribution in [3.8, 4) is 0 Å². The fourth-order valence-electron chi connectivity index (χ4n) is 2.21. The predicted octanol–water partition coefficient (Wildman–Crippen LogP) is 2.44. The molecule has 1 aromatic rings. The van der Waals surface area contributed by atoms with Gasteiger partial charge in [-0.1, -0.05) is 11.6 Å². The van der Waals surface area contributed by atoms with Gasteiger partial charge >= 0.3 is 0 Å². The van der Waals surface area contributed by atoms with Crippen LogP contribution in [0.5, 0.6) is 0 Å². The second-order valence-corrected chi connectivity index (χ2v) is 5.88. The predicted molar refractivity (Wildman–Crippen MR) is 77.0 cm³/mol. The summed E-state index contributed by atoms with van der Waals surface area (Å²) in [4.78, 5) is 25.2. The molecule has 19 heavy (non-hydrogen) atoms. The quantitative estimate of drug-likeness (QED) is 0.895. The molecule has 0 radical (unpaired) electrons. The molecule has 2 amide bonds. The van der Waals surface area contributed by atoms with Crippen LogP contribution in [-0.2, 0) is 4.79 Å². The van der Waals surface area contributed by atoms with Gasteiger partial charge < -0.3 is 10.6 Å². The van der Waals surface area contributed by atoms with E-state index in [4.69, 9.17) is 17.3 Å². The van der Waals surface area contributed by atoms with Crippen molar-refractivity contribution in [2.75, 3.05) is 13.1 Å². The van der Waals surface area contributed by atoms with Crippen molar-refractivity contribution in [2.24, 2.45) is 11.7 Å². The Kier molecular flexibility index (Phi) is 4.47. The Morgan fingerprint density at radius 3 is 2.79 bits per heavy atom. The molecule has 1 saturated heterocycles. The zero-order chi connectivity index (χ0) is 14.0. The number of hydrogen-bond acceptors (Lipinski definition) is 2. The zero-order valence-electron chi connectivity index (χ0n) is 10.2. The molecule has 0 aliphatic carbocycles. The number of likely N-dealkylation sites (tertiary alicyclic amines) is 1. The van der Waals surface area contributed by atoms with Crippen molar-refractivity contribution < 1.29 is 9.59 Å². The summed E-state index contributed by atoms with van der Waals surface area (Å²) in [6.45, 7) is 1.05. The van der Waals surface area contributed by atoms with Crippen molar-refractivity contribution in [3.05, 3.63) is 33.3 Å². The number of primary amides is 1. The third-order valence-corrected chi connectivity index (χ3v) is 4.49. The maximum Gasteiger partial charge on any atom is 0.253 e. The van der Waals surface area contributed by atoms with Crippen LogP contribution in [0.15, 0.2) is 22.7 Å². The van der Waals surface area contributed by atoms with Gasteiger partial charge in [-0.15, -0.1) is 0 Å². The minimum absolute atomic E-state index is 0.0942. The van der Waals surface area contributed by atoms with Crippen molar-refractivity contribution >= 4 is 39.3 Å². The third kappa shape index (κ3) is 3.28. The van der Waals surface area contributed by atoms with Crippen molar-refractivity contribution in [1.29, 1.82) is 0 Å². The maximum atomic E-state index is 12.3. The van der Waals surface area contributed by atoms with E-state index in [1.165, 1.54) is 0 Å². The van der Waals surface area contributed by atoms with Gasteiger partial charge in [0.05, 0.1) is 10.9 Å². The molecule has 2 rings (SSSR count). The average Bonchev–Trinajstić information content (AvgIpc) is 2.41. The Morgan fingerprint density at radius 1 is 1.42 bits per heavy atom. The maximum absolute atomic E-state index is 12.3. The number of benzene rings is 1. The number of carbonyl (C=O) groups is 2. The van der Waals surface area contributed by atoms with Crippen LogP contribution in [0.1, 0.15) is 23.2 Å². The molecule has 0 spiro atoms. The summed E-state index contributed by atoms with van der Waals surface area (Å²) >= 11 is 9.20. The fraction of sp³-hybridized carbons (Fsp3) is 0.385. The van der Waals surface area contributed by atoms with Gasteiger partial charge in [0.15, 0.2) is 0 Å². The van der Waals surface area contributed by atoms with Crippen molar-refractivity contribution in [1.82, 2.24) is 4.90 Å². The summed E-state index contributed by atoms with van der Waals surface area (Å²) in [5, 5.41) is 0.560. The Balaban J connectivity index is 2.14. The summed E-state index contributed by atoms with van der Waals surface area (Å²) in [7, 11) is 0. The first kappa shape index (κ1) is 14.3. The molecule has 1 heterocycles. The van der Waals surface area contributed by atoms with E-state index in [0.29, 0.717) is 28.1 Å². The molecule has 0 bridgehead atoms. The van der Waals surface area contributed by atoms with Gasteiger partial charge in [0.1, 0.15) is 0 Å². The molecular formula is C13H14BrClN2O2. The topological polar surface area (TPSA) is 63.4 Å². The van der Waals surface area contributed by atoms with Gasteiger partial charge in [-0.25, -0.2) is 0 Å². The number of carbonyl (C=O) groups excluding carboxylic acids is 2. The van der Waals surface area contributed by atoms with Crippen LogP contribution in [-0.4, -0.2) is 29.8 Å². The molecule has 2 N–H and O–H groups in total. The molecule has 1 atom stereocenters. The molecule has 0 aromatic heterocycles. The summed E-state index contributed by atoms with van der Waals surface area (Å²) < 4.78 is 0.684. The summed E-state index contributed by atoms with van der Waals surface area (Å²) in [5.74, 6) is -0.674. The van der Waals surface area contributed by atoms with Crippen molar-refractivity contribution in [3.63, 3.8) is 0 Å².